The van der Waals surface area contributed by atoms with Crippen LogP contribution in [0, 0.1) is 6.92 Å². The van der Waals surface area contributed by atoms with Crippen LogP contribution in [-0.4, -0.2) is 27.0 Å². The molecule has 8 nitrogen and oxygen atoms in total. The second-order valence-corrected chi connectivity index (χ2v) is 8.47. The molecule has 0 bridgehead atoms. The molecule has 1 N–H and O–H groups in total. The summed E-state index contributed by atoms with van der Waals surface area (Å²) in [6, 6.07) is 11.0. The van der Waals surface area contributed by atoms with E-state index in [1.807, 2.05) is 30.3 Å². The maximum Gasteiger partial charge on any atom is 0.262 e. The van der Waals surface area contributed by atoms with E-state index in [2.05, 4.69) is 22.2 Å². The normalized spacial score (nSPS) is 10.9. The van der Waals surface area contributed by atoms with Gasteiger partial charge in [0.1, 0.15) is 16.3 Å². The summed E-state index contributed by atoms with van der Waals surface area (Å²) in [6.45, 7) is 4.70. The molecule has 0 aliphatic carbocycles. The summed E-state index contributed by atoms with van der Waals surface area (Å²) in [6.07, 6.45) is 4.04. The molecule has 0 saturated heterocycles. The number of ether oxygens (including phenoxy) is 2. The monoisotopic (exact) mass is 464 g/mol. The lowest BCUT2D eigenvalue weighted by Gasteiger charge is -2.11. The zero-order valence-corrected chi connectivity index (χ0v) is 19.4. The molecule has 9 heteroatoms. The summed E-state index contributed by atoms with van der Waals surface area (Å²) >= 11 is 1.21. The third-order valence-electron chi connectivity index (χ3n) is 5.02. The molecule has 1 aromatic carbocycles. The molecule has 0 aliphatic rings. The predicted molar refractivity (Wildman–Crippen MR) is 127 cm³/mol. The number of aromatic nitrogens is 3. The van der Waals surface area contributed by atoms with Crippen molar-refractivity contribution in [2.75, 3.05) is 6.61 Å². The number of nitrogens with zero attached hydrogens (tertiary/aromatic N) is 3. The van der Waals surface area contributed by atoms with Crippen LogP contribution in [0.2, 0.25) is 0 Å². The van der Waals surface area contributed by atoms with E-state index in [0.717, 1.165) is 17.7 Å². The van der Waals surface area contributed by atoms with Crippen LogP contribution in [0.1, 0.15) is 34.1 Å². The van der Waals surface area contributed by atoms with Gasteiger partial charge in [-0.25, -0.2) is 9.97 Å². The van der Waals surface area contributed by atoms with Crippen molar-refractivity contribution in [2.24, 2.45) is 7.05 Å². The molecule has 4 rings (SSSR count). The van der Waals surface area contributed by atoms with E-state index in [1.54, 1.807) is 26.2 Å². The summed E-state index contributed by atoms with van der Waals surface area (Å²) in [7, 11) is 1.64. The molecule has 0 unspecified atom stereocenters. The highest BCUT2D eigenvalue weighted by atomic mass is 32.1. The van der Waals surface area contributed by atoms with E-state index in [9.17, 15) is 9.59 Å². The minimum absolute atomic E-state index is 0.165. The van der Waals surface area contributed by atoms with Gasteiger partial charge in [0.15, 0.2) is 0 Å². The molecule has 170 valence electrons. The highest BCUT2D eigenvalue weighted by molar-refractivity contribution is 7.20. The lowest BCUT2D eigenvalue weighted by Crippen LogP contribution is -2.23. The summed E-state index contributed by atoms with van der Waals surface area (Å²) in [5.74, 6) is 1.53. The molecule has 1 amide bonds. The number of nitrogens with one attached hydrogen (secondary N) is 1. The maximum absolute atomic E-state index is 12.9. The first-order valence-electron chi connectivity index (χ1n) is 10.6. The van der Waals surface area contributed by atoms with E-state index in [4.69, 9.17) is 9.47 Å². The number of thiophene rings is 1. The molecule has 0 spiro atoms. The predicted octanol–water partition coefficient (Wildman–Crippen LogP) is 4.21. The van der Waals surface area contributed by atoms with Gasteiger partial charge in [0.2, 0.25) is 5.88 Å². The van der Waals surface area contributed by atoms with E-state index in [0.29, 0.717) is 38.9 Å². The third-order valence-corrected chi connectivity index (χ3v) is 6.22. The smallest absolute Gasteiger partial charge is 0.262 e. The van der Waals surface area contributed by atoms with Crippen molar-refractivity contribution in [3.8, 4) is 17.4 Å². The number of aryl methyl sites for hydroxylation is 2. The number of amides is 1. The number of pyridine rings is 1. The van der Waals surface area contributed by atoms with Gasteiger partial charge in [0.25, 0.3) is 11.5 Å². The van der Waals surface area contributed by atoms with Crippen molar-refractivity contribution >= 4 is 27.5 Å². The third kappa shape index (κ3) is 4.88. The largest absolute Gasteiger partial charge is 0.494 e. The van der Waals surface area contributed by atoms with E-state index in [-0.39, 0.29) is 18.0 Å². The van der Waals surface area contributed by atoms with Gasteiger partial charge in [-0.2, -0.15) is 0 Å². The van der Waals surface area contributed by atoms with Gasteiger partial charge in [-0.05, 0) is 49.2 Å². The lowest BCUT2D eigenvalue weighted by molar-refractivity contribution is 0.0954. The number of hydrogen-bond donors (Lipinski definition) is 1. The van der Waals surface area contributed by atoms with Gasteiger partial charge in [0, 0.05) is 25.4 Å². The standard InChI is InChI=1S/C24H24N4O4S/c1-4-12-31-17-7-9-18(10-8-17)32-22-16(6-5-11-25-22)13-26-21(29)20-15(2)19-23(33-20)27-14-28(3)24(19)30/h5-11,14H,4,12-13H2,1-3H3,(H,26,29). The number of carbonyl (C=O) groups excluding carboxylic acids is 1. The summed E-state index contributed by atoms with van der Waals surface area (Å²) in [5.41, 5.74) is 1.20. The average Bonchev–Trinajstić information content (AvgIpc) is 3.17. The molecule has 33 heavy (non-hydrogen) atoms. The lowest BCUT2D eigenvalue weighted by atomic mass is 10.2. The van der Waals surface area contributed by atoms with E-state index < -0.39 is 0 Å². The van der Waals surface area contributed by atoms with E-state index >= 15 is 0 Å². The zero-order chi connectivity index (χ0) is 23.4. The fourth-order valence-electron chi connectivity index (χ4n) is 3.27. The van der Waals surface area contributed by atoms with Gasteiger partial charge >= 0.3 is 0 Å². The number of hydrogen-bond acceptors (Lipinski definition) is 7. The van der Waals surface area contributed by atoms with Crippen molar-refractivity contribution in [3.63, 3.8) is 0 Å². The van der Waals surface area contributed by atoms with Crippen LogP contribution in [0.15, 0.2) is 53.7 Å². The number of benzene rings is 1. The Balaban J connectivity index is 1.48. The number of rotatable bonds is 8. The molecule has 0 saturated carbocycles. The highest BCUT2D eigenvalue weighted by Gasteiger charge is 2.19. The maximum atomic E-state index is 12.9. The SMILES string of the molecule is CCCOc1ccc(Oc2ncccc2CNC(=O)c2sc3ncn(C)c(=O)c3c2C)cc1. The van der Waals surface area contributed by atoms with Crippen LogP contribution < -0.4 is 20.3 Å². The average molecular weight is 465 g/mol. The van der Waals surface area contributed by atoms with Gasteiger partial charge < -0.3 is 19.4 Å². The molecule has 4 aromatic rings. The summed E-state index contributed by atoms with van der Waals surface area (Å²) < 4.78 is 12.9. The van der Waals surface area contributed by atoms with E-state index in [1.165, 1.54) is 22.2 Å². The van der Waals surface area contributed by atoms with Crippen LogP contribution in [0.25, 0.3) is 10.2 Å². The van der Waals surface area contributed by atoms with Crippen LogP contribution in [0.4, 0.5) is 0 Å². The first-order valence-corrected chi connectivity index (χ1v) is 11.4. The molecular weight excluding hydrogens is 440 g/mol. The Morgan fingerprint density at radius 2 is 1.91 bits per heavy atom. The summed E-state index contributed by atoms with van der Waals surface area (Å²) in [5, 5.41) is 3.38. The highest BCUT2D eigenvalue weighted by Crippen LogP contribution is 2.28. The van der Waals surface area contributed by atoms with Gasteiger partial charge in [-0.3, -0.25) is 9.59 Å². The fourth-order valence-corrected chi connectivity index (χ4v) is 4.32. The molecule has 0 aliphatic heterocycles. The van der Waals surface area contributed by atoms with Crippen LogP contribution in [0.3, 0.4) is 0 Å². The molecule has 0 radical (unpaired) electrons. The summed E-state index contributed by atoms with van der Waals surface area (Å²) in [4.78, 5) is 34.9. The van der Waals surface area contributed by atoms with Crippen molar-refractivity contribution < 1.29 is 14.3 Å². The second kappa shape index (κ2) is 9.83. The van der Waals surface area contributed by atoms with Gasteiger partial charge in [-0.15, -0.1) is 11.3 Å². The minimum Gasteiger partial charge on any atom is -0.494 e. The zero-order valence-electron chi connectivity index (χ0n) is 18.6. The fraction of sp³-hybridized carbons (Fsp3) is 0.250. The molecule has 0 atom stereocenters. The topological polar surface area (TPSA) is 95.3 Å². The van der Waals surface area contributed by atoms with Crippen molar-refractivity contribution in [1.29, 1.82) is 0 Å². The molecule has 0 fully saturated rings. The second-order valence-electron chi connectivity index (χ2n) is 7.47. The molecule has 3 aromatic heterocycles. The van der Waals surface area contributed by atoms with Crippen LogP contribution >= 0.6 is 11.3 Å². The quantitative estimate of drug-likeness (QED) is 0.420. The first kappa shape index (κ1) is 22.5. The first-order chi connectivity index (χ1) is 16.0. The Labute approximate surface area is 194 Å². The van der Waals surface area contributed by atoms with Crippen molar-refractivity contribution in [2.45, 2.75) is 26.8 Å². The number of carbonyl (C=O) groups is 1. The Morgan fingerprint density at radius 1 is 1.15 bits per heavy atom. The van der Waals surface area contributed by atoms with Crippen molar-refractivity contribution in [3.05, 3.63) is 75.3 Å². The minimum atomic E-state index is -0.273. The van der Waals surface area contributed by atoms with Crippen LogP contribution in [0.5, 0.6) is 17.4 Å². The molecule has 3 heterocycles. The van der Waals surface area contributed by atoms with Gasteiger partial charge in [-0.1, -0.05) is 13.0 Å². The Hall–Kier alpha value is -3.72. The van der Waals surface area contributed by atoms with Gasteiger partial charge in [0.05, 0.1) is 23.2 Å². The molecular formula is C24H24N4O4S. The number of fused-ring (bicyclic) bond motifs is 1. The Bertz CT molecular complexity index is 1350. The van der Waals surface area contributed by atoms with Crippen molar-refractivity contribution in [1.82, 2.24) is 19.9 Å². The van der Waals surface area contributed by atoms with Crippen LogP contribution in [-0.2, 0) is 13.6 Å². The Morgan fingerprint density at radius 3 is 2.67 bits per heavy atom. The Kier molecular flexibility index (Phi) is 6.69.